The van der Waals surface area contributed by atoms with Gasteiger partial charge in [-0.1, -0.05) is 0 Å². The number of amides is 1. The molecule has 6 nitrogen and oxygen atoms in total. The number of aromatic nitrogens is 2. The van der Waals surface area contributed by atoms with Crippen molar-refractivity contribution in [2.24, 2.45) is 0 Å². The van der Waals surface area contributed by atoms with Gasteiger partial charge in [0, 0.05) is 37.1 Å². The molecule has 0 bridgehead atoms. The number of hydrogen-bond donors (Lipinski definition) is 1. The molecule has 1 atom stereocenters. The molecule has 1 saturated heterocycles. The zero-order valence-electron chi connectivity index (χ0n) is 14.3. The Hall–Kier alpha value is -1.99. The first-order chi connectivity index (χ1) is 12.2. The van der Waals surface area contributed by atoms with Gasteiger partial charge in [-0.2, -0.15) is 11.3 Å². The van der Waals surface area contributed by atoms with Crippen molar-refractivity contribution >= 4 is 23.1 Å². The molecule has 1 fully saturated rings. The summed E-state index contributed by atoms with van der Waals surface area (Å²) in [6, 6.07) is 2.20. The van der Waals surface area contributed by atoms with Gasteiger partial charge in [0.05, 0.1) is 23.9 Å². The minimum Gasteiger partial charge on any atom is -0.379 e. The van der Waals surface area contributed by atoms with Gasteiger partial charge in [0.1, 0.15) is 11.6 Å². The lowest BCUT2D eigenvalue weighted by Gasteiger charge is -2.19. The molecule has 2 aromatic rings. The van der Waals surface area contributed by atoms with Crippen molar-refractivity contribution in [1.82, 2.24) is 14.9 Å². The second-order valence-electron chi connectivity index (χ2n) is 6.55. The number of carbonyl (C=O) groups is 1. The molecule has 2 aromatic heterocycles. The SMILES string of the molecule is Cc1nc2c(c(NC3CCOC3)n1)CCN(C(=O)c1ccsc1)CC2. The Bertz CT molecular complexity index is 757. The average Bonchev–Trinajstić information content (AvgIpc) is 3.26. The minimum atomic E-state index is 0.109. The van der Waals surface area contributed by atoms with Crippen LogP contribution in [0.4, 0.5) is 5.82 Å². The number of rotatable bonds is 3. The maximum atomic E-state index is 12.7. The first-order valence-corrected chi connectivity index (χ1v) is 9.67. The molecule has 4 heterocycles. The third kappa shape index (κ3) is 3.52. The van der Waals surface area contributed by atoms with Crippen molar-refractivity contribution in [2.45, 2.75) is 32.2 Å². The molecule has 0 aliphatic carbocycles. The molecule has 0 aromatic carbocycles. The van der Waals surface area contributed by atoms with Crippen molar-refractivity contribution < 1.29 is 9.53 Å². The van der Waals surface area contributed by atoms with Gasteiger partial charge in [0.15, 0.2) is 0 Å². The summed E-state index contributed by atoms with van der Waals surface area (Å²) in [6.07, 6.45) is 2.55. The predicted molar refractivity (Wildman–Crippen MR) is 97.2 cm³/mol. The number of hydrogen-bond acceptors (Lipinski definition) is 6. The highest BCUT2D eigenvalue weighted by atomic mass is 32.1. The fraction of sp³-hybridized carbons (Fsp3) is 0.500. The lowest BCUT2D eigenvalue weighted by molar-refractivity contribution is 0.0763. The maximum absolute atomic E-state index is 12.7. The second-order valence-corrected chi connectivity index (χ2v) is 7.33. The van der Waals surface area contributed by atoms with E-state index in [1.165, 1.54) is 0 Å². The third-order valence-electron chi connectivity index (χ3n) is 4.78. The number of aryl methyl sites for hydroxylation is 1. The third-order valence-corrected chi connectivity index (χ3v) is 5.46. The number of carbonyl (C=O) groups excluding carboxylic acids is 1. The molecule has 132 valence electrons. The van der Waals surface area contributed by atoms with Gasteiger partial charge in [-0.15, -0.1) is 0 Å². The molecule has 0 saturated carbocycles. The standard InChI is InChI=1S/C18H22N4O2S/c1-12-19-16-3-7-22(18(23)13-5-9-25-11-13)6-2-15(16)17(20-12)21-14-4-8-24-10-14/h5,9,11,14H,2-4,6-8,10H2,1H3,(H,19,20,21). The summed E-state index contributed by atoms with van der Waals surface area (Å²) < 4.78 is 5.46. The zero-order chi connectivity index (χ0) is 17.2. The molecular formula is C18H22N4O2S. The van der Waals surface area contributed by atoms with Crippen molar-refractivity contribution in [1.29, 1.82) is 0 Å². The van der Waals surface area contributed by atoms with Crippen LogP contribution in [0.1, 0.15) is 33.9 Å². The Morgan fingerprint density at radius 3 is 3.00 bits per heavy atom. The van der Waals surface area contributed by atoms with E-state index >= 15 is 0 Å². The molecule has 2 aliphatic heterocycles. The van der Waals surface area contributed by atoms with Crippen molar-refractivity contribution in [2.75, 3.05) is 31.6 Å². The summed E-state index contributed by atoms with van der Waals surface area (Å²) in [7, 11) is 0. The second kappa shape index (κ2) is 7.09. The van der Waals surface area contributed by atoms with Gasteiger partial charge in [-0.3, -0.25) is 4.79 Å². The highest BCUT2D eigenvalue weighted by molar-refractivity contribution is 7.08. The van der Waals surface area contributed by atoms with Crippen LogP contribution in [0.2, 0.25) is 0 Å². The molecule has 25 heavy (non-hydrogen) atoms. The van der Waals surface area contributed by atoms with Crippen LogP contribution < -0.4 is 5.32 Å². The van der Waals surface area contributed by atoms with E-state index in [9.17, 15) is 4.79 Å². The predicted octanol–water partition coefficient (Wildman–Crippen LogP) is 2.29. The van der Waals surface area contributed by atoms with E-state index < -0.39 is 0 Å². The first kappa shape index (κ1) is 16.5. The smallest absolute Gasteiger partial charge is 0.254 e. The highest BCUT2D eigenvalue weighted by Gasteiger charge is 2.25. The normalized spacial score (nSPS) is 20.2. The summed E-state index contributed by atoms with van der Waals surface area (Å²) >= 11 is 1.55. The first-order valence-electron chi connectivity index (χ1n) is 8.73. The van der Waals surface area contributed by atoms with Crippen LogP contribution in [-0.2, 0) is 17.6 Å². The Labute approximate surface area is 151 Å². The average molecular weight is 358 g/mol. The summed E-state index contributed by atoms with van der Waals surface area (Å²) in [4.78, 5) is 23.9. The molecule has 1 unspecified atom stereocenters. The van der Waals surface area contributed by atoms with E-state index in [0.29, 0.717) is 19.1 Å². The van der Waals surface area contributed by atoms with E-state index in [-0.39, 0.29) is 5.91 Å². The van der Waals surface area contributed by atoms with Crippen LogP contribution >= 0.6 is 11.3 Å². The summed E-state index contributed by atoms with van der Waals surface area (Å²) in [5, 5.41) is 7.39. The Balaban J connectivity index is 1.55. The number of ether oxygens (including phenoxy) is 1. The molecule has 4 rings (SSSR count). The van der Waals surface area contributed by atoms with Gasteiger partial charge < -0.3 is 15.0 Å². The molecular weight excluding hydrogens is 336 g/mol. The van der Waals surface area contributed by atoms with Gasteiger partial charge in [-0.25, -0.2) is 9.97 Å². The van der Waals surface area contributed by atoms with Gasteiger partial charge in [-0.05, 0) is 31.2 Å². The van der Waals surface area contributed by atoms with Crippen molar-refractivity contribution in [3.05, 3.63) is 39.5 Å². The largest absolute Gasteiger partial charge is 0.379 e. The number of anilines is 1. The lowest BCUT2D eigenvalue weighted by atomic mass is 10.1. The van der Waals surface area contributed by atoms with Crippen LogP contribution in [0.3, 0.4) is 0 Å². The number of nitrogens with zero attached hydrogens (tertiary/aromatic N) is 3. The van der Waals surface area contributed by atoms with Crippen LogP contribution in [0.15, 0.2) is 16.8 Å². The highest BCUT2D eigenvalue weighted by Crippen LogP contribution is 2.24. The number of thiophene rings is 1. The molecule has 0 radical (unpaired) electrons. The molecule has 2 aliphatic rings. The monoisotopic (exact) mass is 358 g/mol. The van der Waals surface area contributed by atoms with Crippen molar-refractivity contribution in [3.8, 4) is 0 Å². The summed E-state index contributed by atoms with van der Waals surface area (Å²) in [6.45, 7) is 4.84. The summed E-state index contributed by atoms with van der Waals surface area (Å²) in [5.74, 6) is 1.80. The van der Waals surface area contributed by atoms with Crippen LogP contribution in [0.5, 0.6) is 0 Å². The fourth-order valence-electron chi connectivity index (χ4n) is 3.46. The molecule has 1 N–H and O–H groups in total. The van der Waals surface area contributed by atoms with E-state index in [1.807, 2.05) is 28.7 Å². The van der Waals surface area contributed by atoms with Gasteiger partial charge >= 0.3 is 0 Å². The minimum absolute atomic E-state index is 0.109. The van der Waals surface area contributed by atoms with Gasteiger partial charge in [0.25, 0.3) is 5.91 Å². The molecule has 7 heteroatoms. The van der Waals surface area contributed by atoms with Gasteiger partial charge in [0.2, 0.25) is 0 Å². The van der Waals surface area contributed by atoms with Crippen LogP contribution in [-0.4, -0.2) is 53.1 Å². The Morgan fingerprint density at radius 1 is 1.36 bits per heavy atom. The molecule has 1 amide bonds. The van der Waals surface area contributed by atoms with E-state index in [0.717, 1.165) is 60.9 Å². The van der Waals surface area contributed by atoms with E-state index in [1.54, 1.807) is 11.3 Å². The maximum Gasteiger partial charge on any atom is 0.254 e. The fourth-order valence-corrected chi connectivity index (χ4v) is 4.09. The Morgan fingerprint density at radius 2 is 2.24 bits per heavy atom. The Kier molecular flexibility index (Phi) is 4.67. The summed E-state index contributed by atoms with van der Waals surface area (Å²) in [5.41, 5.74) is 2.99. The van der Waals surface area contributed by atoms with E-state index in [4.69, 9.17) is 4.74 Å². The van der Waals surface area contributed by atoms with Crippen LogP contribution in [0.25, 0.3) is 0 Å². The van der Waals surface area contributed by atoms with Crippen molar-refractivity contribution in [3.63, 3.8) is 0 Å². The zero-order valence-corrected chi connectivity index (χ0v) is 15.1. The number of nitrogens with one attached hydrogen (secondary N) is 1. The lowest BCUT2D eigenvalue weighted by Crippen LogP contribution is -2.33. The van der Waals surface area contributed by atoms with Crippen LogP contribution in [0, 0.1) is 6.92 Å². The van der Waals surface area contributed by atoms with E-state index in [2.05, 4.69) is 15.3 Å². The quantitative estimate of drug-likeness (QED) is 0.912. The topological polar surface area (TPSA) is 67.4 Å². The number of fused-ring (bicyclic) bond motifs is 1. The molecule has 0 spiro atoms.